The van der Waals surface area contributed by atoms with Crippen molar-refractivity contribution in [3.8, 4) is 0 Å². The summed E-state index contributed by atoms with van der Waals surface area (Å²) in [5.74, 6) is 0. The summed E-state index contributed by atoms with van der Waals surface area (Å²) in [7, 11) is 0. The van der Waals surface area contributed by atoms with Crippen molar-refractivity contribution in [1.29, 1.82) is 0 Å². The van der Waals surface area contributed by atoms with Crippen LogP contribution in [0, 0.1) is 0 Å². The Kier molecular flexibility index (Phi) is 34.9. The minimum absolute atomic E-state index is 0.341. The van der Waals surface area contributed by atoms with Crippen LogP contribution in [0.1, 0.15) is 207 Å². The molecule has 0 rings (SSSR count). The summed E-state index contributed by atoms with van der Waals surface area (Å²) in [5.41, 5.74) is 0. The maximum absolute atomic E-state index is 6.00. The monoisotopic (exact) mass is 539 g/mol. The Hall–Kier alpha value is -0.0800. The van der Waals surface area contributed by atoms with Crippen LogP contribution >= 0.6 is 0 Å². The molecule has 0 amide bonds. The van der Waals surface area contributed by atoms with Gasteiger partial charge in [0, 0.05) is 19.8 Å². The van der Waals surface area contributed by atoms with Gasteiger partial charge in [-0.15, -0.1) is 0 Å². The molecule has 1 unspecified atom stereocenters. The van der Waals surface area contributed by atoms with Crippen LogP contribution < -0.4 is 0 Å². The molecule has 0 N–H and O–H groups in total. The van der Waals surface area contributed by atoms with Crippen molar-refractivity contribution in [3.05, 3.63) is 0 Å². The second-order valence-electron chi connectivity index (χ2n) is 12.3. The van der Waals surface area contributed by atoms with Gasteiger partial charge in [-0.25, -0.2) is 0 Å². The Bertz CT molecular complexity index is 397. The predicted molar refractivity (Wildman–Crippen MR) is 171 cm³/mol. The highest BCUT2D eigenvalue weighted by molar-refractivity contribution is 4.53. The van der Waals surface area contributed by atoms with Crippen LogP contribution in [0.5, 0.6) is 0 Å². The first-order valence-electron chi connectivity index (χ1n) is 18.0. The van der Waals surface area contributed by atoms with Gasteiger partial charge in [0.1, 0.15) is 0 Å². The van der Waals surface area contributed by atoms with Gasteiger partial charge in [-0.1, -0.05) is 181 Å². The lowest BCUT2D eigenvalue weighted by molar-refractivity contribution is 0.0291. The lowest BCUT2D eigenvalue weighted by Gasteiger charge is -2.13. The molecule has 2 nitrogen and oxygen atoms in total. The molecule has 1 atom stereocenters. The highest BCUT2D eigenvalue weighted by Gasteiger charge is 2.02. The minimum atomic E-state index is 0.341. The van der Waals surface area contributed by atoms with Crippen molar-refractivity contribution in [1.82, 2.24) is 0 Å². The van der Waals surface area contributed by atoms with Crippen molar-refractivity contribution >= 4 is 0 Å². The Morgan fingerprint density at radius 1 is 0.342 bits per heavy atom. The second-order valence-corrected chi connectivity index (χ2v) is 12.3. The zero-order valence-electron chi connectivity index (χ0n) is 27.0. The van der Waals surface area contributed by atoms with Gasteiger partial charge in [-0.05, 0) is 26.2 Å². The molecule has 0 heterocycles. The van der Waals surface area contributed by atoms with Crippen molar-refractivity contribution in [2.75, 3.05) is 19.8 Å². The number of hydrogen-bond acceptors (Lipinski definition) is 2. The van der Waals surface area contributed by atoms with Gasteiger partial charge in [0.05, 0.1) is 6.10 Å². The highest BCUT2D eigenvalue weighted by Crippen LogP contribution is 2.14. The molecule has 0 saturated heterocycles. The van der Waals surface area contributed by atoms with Crippen LogP contribution in [0.4, 0.5) is 0 Å². The average molecular weight is 539 g/mol. The third kappa shape index (κ3) is 33.9. The molecule has 2 heteroatoms. The summed E-state index contributed by atoms with van der Waals surface area (Å²) >= 11 is 0. The molecule has 0 spiro atoms. The van der Waals surface area contributed by atoms with Gasteiger partial charge in [0.25, 0.3) is 0 Å². The van der Waals surface area contributed by atoms with Gasteiger partial charge >= 0.3 is 0 Å². The number of rotatable bonds is 34. The summed E-state index contributed by atoms with van der Waals surface area (Å²) in [6.07, 6.45) is 40.9. The van der Waals surface area contributed by atoms with E-state index in [1.807, 2.05) is 0 Å². The van der Waals surface area contributed by atoms with Crippen molar-refractivity contribution < 1.29 is 9.47 Å². The Morgan fingerprint density at radius 3 is 0.974 bits per heavy atom. The first kappa shape index (κ1) is 37.9. The SMILES string of the molecule is CCCCCCCCCCCCCCCCOCCC(C)OCCCCCCCCCCCCCCCC. The molecule has 0 aliphatic rings. The largest absolute Gasteiger partial charge is 0.381 e. The van der Waals surface area contributed by atoms with E-state index in [0.29, 0.717) is 6.10 Å². The molecule has 0 aliphatic heterocycles. The summed E-state index contributed by atoms with van der Waals surface area (Å²) in [6.45, 7) is 9.53. The zero-order valence-corrected chi connectivity index (χ0v) is 27.0. The Labute approximate surface area is 242 Å². The zero-order chi connectivity index (χ0) is 27.6. The molecule has 0 aliphatic carbocycles. The van der Waals surface area contributed by atoms with E-state index in [9.17, 15) is 0 Å². The van der Waals surface area contributed by atoms with Crippen LogP contribution in [0.25, 0.3) is 0 Å². The molecule has 0 bridgehead atoms. The van der Waals surface area contributed by atoms with E-state index in [1.165, 1.54) is 180 Å². The molecular weight excluding hydrogens is 464 g/mol. The summed E-state index contributed by atoms with van der Waals surface area (Å²) in [4.78, 5) is 0. The highest BCUT2D eigenvalue weighted by atomic mass is 16.5. The van der Waals surface area contributed by atoms with E-state index >= 15 is 0 Å². The molecule has 0 aromatic carbocycles. The fourth-order valence-corrected chi connectivity index (χ4v) is 5.41. The van der Waals surface area contributed by atoms with Crippen LogP contribution in [0.3, 0.4) is 0 Å². The van der Waals surface area contributed by atoms with Gasteiger partial charge in [0.2, 0.25) is 0 Å². The van der Waals surface area contributed by atoms with E-state index in [0.717, 1.165) is 26.2 Å². The molecular formula is C36H74O2. The molecule has 0 radical (unpaired) electrons. The molecule has 0 aromatic heterocycles. The molecule has 0 fully saturated rings. The van der Waals surface area contributed by atoms with Crippen LogP contribution in [-0.4, -0.2) is 25.9 Å². The lowest BCUT2D eigenvalue weighted by Crippen LogP contribution is -2.12. The van der Waals surface area contributed by atoms with Gasteiger partial charge in [-0.3, -0.25) is 0 Å². The number of ether oxygens (including phenoxy) is 2. The fraction of sp³-hybridized carbons (Fsp3) is 1.00. The molecule has 230 valence electrons. The van der Waals surface area contributed by atoms with Gasteiger partial charge in [0.15, 0.2) is 0 Å². The van der Waals surface area contributed by atoms with E-state index < -0.39 is 0 Å². The van der Waals surface area contributed by atoms with Gasteiger partial charge in [-0.2, -0.15) is 0 Å². The number of hydrogen-bond donors (Lipinski definition) is 0. The van der Waals surface area contributed by atoms with Crippen LogP contribution in [-0.2, 0) is 9.47 Å². The van der Waals surface area contributed by atoms with Crippen molar-refractivity contribution in [2.45, 2.75) is 213 Å². The topological polar surface area (TPSA) is 18.5 Å². The van der Waals surface area contributed by atoms with E-state index in [2.05, 4.69) is 20.8 Å². The smallest absolute Gasteiger partial charge is 0.0568 e. The summed E-state index contributed by atoms with van der Waals surface area (Å²) in [6, 6.07) is 0. The summed E-state index contributed by atoms with van der Waals surface area (Å²) < 4.78 is 11.9. The maximum atomic E-state index is 6.00. The lowest BCUT2D eigenvalue weighted by atomic mass is 10.0. The van der Waals surface area contributed by atoms with E-state index in [1.54, 1.807) is 0 Å². The Balaban J connectivity index is 3.13. The Morgan fingerprint density at radius 2 is 0.632 bits per heavy atom. The van der Waals surface area contributed by atoms with Crippen molar-refractivity contribution in [3.63, 3.8) is 0 Å². The van der Waals surface area contributed by atoms with Gasteiger partial charge < -0.3 is 9.47 Å². The predicted octanol–water partition coefficient (Wildman–Crippen LogP) is 12.8. The third-order valence-corrected chi connectivity index (χ3v) is 8.21. The second kappa shape index (κ2) is 34.9. The minimum Gasteiger partial charge on any atom is -0.381 e. The quantitative estimate of drug-likeness (QED) is 0.0758. The van der Waals surface area contributed by atoms with Crippen LogP contribution in [0.2, 0.25) is 0 Å². The molecule has 38 heavy (non-hydrogen) atoms. The van der Waals surface area contributed by atoms with Crippen LogP contribution in [0.15, 0.2) is 0 Å². The van der Waals surface area contributed by atoms with E-state index in [-0.39, 0.29) is 0 Å². The normalized spacial score (nSPS) is 12.4. The standard InChI is InChI=1S/C36H74O2/c1-4-6-8-10-12-14-16-18-20-22-24-26-28-30-33-37-35-32-36(3)38-34-31-29-27-25-23-21-19-17-15-13-11-9-7-5-2/h36H,4-35H2,1-3H3. The average Bonchev–Trinajstić information content (AvgIpc) is 2.92. The molecule has 0 aromatic rings. The van der Waals surface area contributed by atoms with E-state index in [4.69, 9.17) is 9.47 Å². The molecule has 0 saturated carbocycles. The maximum Gasteiger partial charge on any atom is 0.0568 e. The third-order valence-electron chi connectivity index (χ3n) is 8.21. The number of unbranched alkanes of at least 4 members (excludes halogenated alkanes) is 26. The fourth-order valence-electron chi connectivity index (χ4n) is 5.41. The summed E-state index contributed by atoms with van der Waals surface area (Å²) in [5, 5.41) is 0. The first-order valence-corrected chi connectivity index (χ1v) is 18.0. The first-order chi connectivity index (χ1) is 18.8. The van der Waals surface area contributed by atoms with Crippen molar-refractivity contribution in [2.24, 2.45) is 0 Å².